The Kier molecular flexibility index (Phi) is 5.35. The number of hydrogen-bond acceptors (Lipinski definition) is 3. The first-order valence-electron chi connectivity index (χ1n) is 5.66. The molecular formula is C13H17BrN2O3. The van der Waals surface area contributed by atoms with Gasteiger partial charge < -0.3 is 14.5 Å². The Labute approximate surface area is 121 Å². The number of amides is 2. The largest absolute Gasteiger partial charge is 0.496 e. The van der Waals surface area contributed by atoms with E-state index in [4.69, 9.17) is 4.74 Å². The molecule has 0 atom stereocenters. The molecule has 0 heterocycles. The van der Waals surface area contributed by atoms with Crippen molar-refractivity contribution in [1.82, 2.24) is 9.80 Å². The summed E-state index contributed by atoms with van der Waals surface area (Å²) in [6, 6.07) is 5.15. The highest BCUT2D eigenvalue weighted by molar-refractivity contribution is 9.10. The van der Waals surface area contributed by atoms with Gasteiger partial charge in [-0.2, -0.15) is 0 Å². The summed E-state index contributed by atoms with van der Waals surface area (Å²) in [4.78, 5) is 26.7. The van der Waals surface area contributed by atoms with E-state index in [1.54, 1.807) is 39.3 Å². The molecule has 1 aromatic carbocycles. The number of rotatable bonds is 4. The van der Waals surface area contributed by atoms with E-state index in [1.165, 1.54) is 16.9 Å². The second-order valence-corrected chi connectivity index (χ2v) is 5.21. The average molecular weight is 329 g/mol. The van der Waals surface area contributed by atoms with Gasteiger partial charge in [-0.05, 0) is 18.2 Å². The Morgan fingerprint density at radius 2 is 1.89 bits per heavy atom. The number of halogens is 1. The minimum atomic E-state index is -0.250. The van der Waals surface area contributed by atoms with Gasteiger partial charge in [0.25, 0.3) is 5.91 Å². The first-order chi connectivity index (χ1) is 8.86. The molecule has 1 aromatic rings. The molecule has 0 N–H and O–H groups in total. The van der Waals surface area contributed by atoms with Crippen LogP contribution in [0.25, 0.3) is 0 Å². The number of hydrogen-bond donors (Lipinski definition) is 0. The summed E-state index contributed by atoms with van der Waals surface area (Å²) >= 11 is 3.32. The second-order valence-electron chi connectivity index (χ2n) is 4.29. The quantitative estimate of drug-likeness (QED) is 0.843. The lowest BCUT2D eigenvalue weighted by atomic mass is 10.1. The third-order valence-corrected chi connectivity index (χ3v) is 3.11. The number of benzene rings is 1. The van der Waals surface area contributed by atoms with Gasteiger partial charge >= 0.3 is 0 Å². The maximum Gasteiger partial charge on any atom is 0.257 e. The molecular weight excluding hydrogens is 312 g/mol. The van der Waals surface area contributed by atoms with Crippen molar-refractivity contribution >= 4 is 27.7 Å². The van der Waals surface area contributed by atoms with Gasteiger partial charge in [-0.25, -0.2) is 0 Å². The van der Waals surface area contributed by atoms with E-state index in [0.29, 0.717) is 11.3 Å². The Balaban J connectivity index is 2.91. The standard InChI is InChI=1S/C13H17BrN2O3/c1-15(2)12(17)8-16(3)13(18)10-6-5-9(14)7-11(10)19-4/h5-7H,8H2,1-4H3. The molecule has 6 heteroatoms. The number of nitrogens with zero attached hydrogens (tertiary/aromatic N) is 2. The van der Waals surface area contributed by atoms with E-state index in [0.717, 1.165) is 4.47 Å². The molecule has 0 fully saturated rings. The van der Waals surface area contributed by atoms with Crippen LogP contribution in [0, 0.1) is 0 Å². The Hall–Kier alpha value is -1.56. The fraction of sp³-hybridized carbons (Fsp3) is 0.385. The van der Waals surface area contributed by atoms with Crippen LogP contribution >= 0.6 is 15.9 Å². The van der Waals surface area contributed by atoms with Crippen molar-refractivity contribution in [3.05, 3.63) is 28.2 Å². The van der Waals surface area contributed by atoms with E-state index < -0.39 is 0 Å². The summed E-state index contributed by atoms with van der Waals surface area (Å²) in [6.07, 6.45) is 0. The SMILES string of the molecule is COc1cc(Br)ccc1C(=O)N(C)CC(=O)N(C)C. The van der Waals surface area contributed by atoms with Crippen molar-refractivity contribution in [1.29, 1.82) is 0 Å². The summed E-state index contributed by atoms with van der Waals surface area (Å²) in [6.45, 7) is 0.0328. The highest BCUT2D eigenvalue weighted by Gasteiger charge is 2.19. The highest BCUT2D eigenvalue weighted by atomic mass is 79.9. The molecule has 19 heavy (non-hydrogen) atoms. The van der Waals surface area contributed by atoms with E-state index in [1.807, 2.05) is 0 Å². The summed E-state index contributed by atoms with van der Waals surface area (Å²) < 4.78 is 6.00. The zero-order valence-electron chi connectivity index (χ0n) is 11.4. The molecule has 0 unspecified atom stereocenters. The molecule has 0 radical (unpaired) electrons. The van der Waals surface area contributed by atoms with Crippen LogP contribution < -0.4 is 4.74 Å². The monoisotopic (exact) mass is 328 g/mol. The maximum atomic E-state index is 12.3. The molecule has 0 aliphatic carbocycles. The summed E-state index contributed by atoms with van der Waals surface area (Å²) in [5.41, 5.74) is 0.430. The van der Waals surface area contributed by atoms with E-state index >= 15 is 0 Å². The third-order valence-electron chi connectivity index (χ3n) is 2.61. The molecule has 0 spiro atoms. The molecule has 104 valence electrons. The highest BCUT2D eigenvalue weighted by Crippen LogP contribution is 2.24. The second kappa shape index (κ2) is 6.56. The lowest BCUT2D eigenvalue weighted by Crippen LogP contribution is -2.37. The number of carbonyl (C=O) groups is 2. The zero-order chi connectivity index (χ0) is 14.6. The number of likely N-dealkylation sites (N-methyl/N-ethyl adjacent to an activating group) is 2. The Morgan fingerprint density at radius 1 is 1.26 bits per heavy atom. The van der Waals surface area contributed by atoms with Crippen LogP contribution in [-0.4, -0.2) is 56.4 Å². The van der Waals surface area contributed by atoms with Gasteiger partial charge in [0.1, 0.15) is 5.75 Å². The van der Waals surface area contributed by atoms with Gasteiger partial charge in [0.15, 0.2) is 0 Å². The molecule has 0 saturated carbocycles. The predicted molar refractivity (Wildman–Crippen MR) is 76.3 cm³/mol. The predicted octanol–water partition coefficient (Wildman–Crippen LogP) is 1.62. The van der Waals surface area contributed by atoms with Gasteiger partial charge in [-0.1, -0.05) is 15.9 Å². The van der Waals surface area contributed by atoms with Crippen molar-refractivity contribution < 1.29 is 14.3 Å². The van der Waals surface area contributed by atoms with Gasteiger partial charge in [0, 0.05) is 25.6 Å². The average Bonchev–Trinajstić information content (AvgIpc) is 2.37. The minimum absolute atomic E-state index is 0.0328. The Morgan fingerprint density at radius 3 is 2.42 bits per heavy atom. The molecule has 2 amide bonds. The lowest BCUT2D eigenvalue weighted by Gasteiger charge is -2.20. The fourth-order valence-electron chi connectivity index (χ4n) is 1.46. The third kappa shape index (κ3) is 3.96. The van der Waals surface area contributed by atoms with Crippen LogP contribution in [0.2, 0.25) is 0 Å². The molecule has 0 aromatic heterocycles. The van der Waals surface area contributed by atoms with Gasteiger partial charge in [0.05, 0.1) is 19.2 Å². The molecule has 5 nitrogen and oxygen atoms in total. The zero-order valence-corrected chi connectivity index (χ0v) is 13.0. The molecule has 0 saturated heterocycles. The van der Waals surface area contributed by atoms with Crippen LogP contribution in [0.4, 0.5) is 0 Å². The van der Waals surface area contributed by atoms with Crippen LogP contribution in [0.3, 0.4) is 0 Å². The van der Waals surface area contributed by atoms with Crippen molar-refractivity contribution in [3.8, 4) is 5.75 Å². The number of carbonyl (C=O) groups excluding carboxylic acids is 2. The van der Waals surface area contributed by atoms with Gasteiger partial charge in [-0.3, -0.25) is 9.59 Å². The lowest BCUT2D eigenvalue weighted by molar-refractivity contribution is -0.129. The topological polar surface area (TPSA) is 49.9 Å². The van der Waals surface area contributed by atoms with E-state index in [2.05, 4.69) is 15.9 Å². The van der Waals surface area contributed by atoms with Gasteiger partial charge in [-0.15, -0.1) is 0 Å². The van der Waals surface area contributed by atoms with E-state index in [-0.39, 0.29) is 18.4 Å². The Bertz CT molecular complexity index is 489. The first kappa shape index (κ1) is 15.5. The number of methoxy groups -OCH3 is 1. The van der Waals surface area contributed by atoms with Crippen molar-refractivity contribution in [2.24, 2.45) is 0 Å². The molecule has 1 rings (SSSR count). The van der Waals surface area contributed by atoms with Crippen LogP contribution in [-0.2, 0) is 4.79 Å². The smallest absolute Gasteiger partial charge is 0.257 e. The molecule has 0 aliphatic heterocycles. The van der Waals surface area contributed by atoms with Crippen molar-refractivity contribution in [3.63, 3.8) is 0 Å². The molecule has 0 aliphatic rings. The normalized spacial score (nSPS) is 9.95. The van der Waals surface area contributed by atoms with Crippen LogP contribution in [0.15, 0.2) is 22.7 Å². The van der Waals surface area contributed by atoms with Crippen molar-refractivity contribution in [2.75, 3.05) is 34.8 Å². The summed E-state index contributed by atoms with van der Waals surface area (Å²) in [5, 5.41) is 0. The maximum absolute atomic E-state index is 12.3. The van der Waals surface area contributed by atoms with Crippen molar-refractivity contribution in [2.45, 2.75) is 0 Å². The summed E-state index contributed by atoms with van der Waals surface area (Å²) in [7, 11) is 6.40. The van der Waals surface area contributed by atoms with Gasteiger partial charge in [0.2, 0.25) is 5.91 Å². The number of ether oxygens (including phenoxy) is 1. The minimum Gasteiger partial charge on any atom is -0.496 e. The molecule has 0 bridgehead atoms. The van der Waals surface area contributed by atoms with Crippen LogP contribution in [0.1, 0.15) is 10.4 Å². The first-order valence-corrected chi connectivity index (χ1v) is 6.45. The summed E-state index contributed by atoms with van der Waals surface area (Å²) in [5.74, 6) is 0.0926. The van der Waals surface area contributed by atoms with Crippen LogP contribution in [0.5, 0.6) is 5.75 Å². The fourth-order valence-corrected chi connectivity index (χ4v) is 1.80. The van der Waals surface area contributed by atoms with E-state index in [9.17, 15) is 9.59 Å².